The lowest BCUT2D eigenvalue weighted by Crippen LogP contribution is -2.49. The normalized spacial score (nSPS) is 14.6. The first-order valence-corrected chi connectivity index (χ1v) is 11.9. The number of methoxy groups -OCH3 is 1. The number of fused-ring (bicyclic) bond motifs is 1. The molecule has 1 amide bonds. The zero-order valence-electron chi connectivity index (χ0n) is 20.5. The second-order valence-corrected chi connectivity index (χ2v) is 8.83. The summed E-state index contributed by atoms with van der Waals surface area (Å²) in [5, 5.41) is 3.24. The van der Waals surface area contributed by atoms with Gasteiger partial charge in [-0.2, -0.15) is 18.2 Å². The van der Waals surface area contributed by atoms with Crippen LogP contribution in [0.15, 0.2) is 48.8 Å². The Kier molecular flexibility index (Phi) is 7.09. The summed E-state index contributed by atoms with van der Waals surface area (Å²) < 4.78 is 42.8. The maximum absolute atomic E-state index is 12.6. The number of hydrogen-bond acceptors (Lipinski definition) is 8. The summed E-state index contributed by atoms with van der Waals surface area (Å²) in [6, 6.07) is 11.6. The lowest BCUT2D eigenvalue weighted by atomic mass is 10.1. The summed E-state index contributed by atoms with van der Waals surface area (Å²) in [7, 11) is 1.51. The maximum atomic E-state index is 12.6. The zero-order valence-corrected chi connectivity index (χ0v) is 20.5. The largest absolute Gasteiger partial charge is 0.467 e. The van der Waals surface area contributed by atoms with Crippen LogP contribution < -0.4 is 10.1 Å². The Morgan fingerprint density at radius 2 is 1.89 bits per heavy atom. The third-order valence-corrected chi connectivity index (χ3v) is 6.19. The minimum absolute atomic E-state index is 0.252. The van der Waals surface area contributed by atoms with E-state index in [-0.39, 0.29) is 19.1 Å². The molecule has 3 aromatic heterocycles. The number of nitrogens with zero attached hydrogens (tertiary/aromatic N) is 6. The van der Waals surface area contributed by atoms with Crippen molar-refractivity contribution >= 4 is 28.7 Å². The molecule has 1 saturated heterocycles. The highest BCUT2D eigenvalue weighted by atomic mass is 19.4. The van der Waals surface area contributed by atoms with Gasteiger partial charge in [-0.15, -0.1) is 0 Å². The fourth-order valence-corrected chi connectivity index (χ4v) is 4.30. The van der Waals surface area contributed by atoms with Crippen LogP contribution in [0.1, 0.15) is 12.0 Å². The van der Waals surface area contributed by atoms with E-state index < -0.39 is 18.5 Å². The number of carbonyl (C=O) groups excluding carboxylic acids is 1. The topological polar surface area (TPSA) is 112 Å². The number of alkyl halides is 3. The number of ether oxygens (including phenoxy) is 1. The molecule has 0 bridgehead atoms. The van der Waals surface area contributed by atoms with Crippen molar-refractivity contribution in [1.82, 2.24) is 34.7 Å². The number of aromatic nitrogens is 5. The molecule has 5 rings (SSSR count). The summed E-state index contributed by atoms with van der Waals surface area (Å²) in [6.45, 7) is 1.97. The molecule has 1 aromatic carbocycles. The first-order valence-electron chi connectivity index (χ1n) is 11.9. The molecule has 0 atom stereocenters. The van der Waals surface area contributed by atoms with Gasteiger partial charge in [-0.25, -0.2) is 15.0 Å². The number of H-pyrrole nitrogens is 1. The fourth-order valence-electron chi connectivity index (χ4n) is 4.30. The van der Waals surface area contributed by atoms with E-state index in [9.17, 15) is 18.0 Å². The quantitative estimate of drug-likeness (QED) is 0.375. The van der Waals surface area contributed by atoms with Crippen molar-refractivity contribution in [3.8, 4) is 17.3 Å². The van der Waals surface area contributed by atoms with Gasteiger partial charge in [-0.05, 0) is 24.3 Å². The van der Waals surface area contributed by atoms with E-state index in [1.54, 1.807) is 18.5 Å². The van der Waals surface area contributed by atoms with Crippen LogP contribution in [0, 0.1) is 0 Å². The first-order chi connectivity index (χ1) is 18.3. The Morgan fingerprint density at radius 1 is 1.08 bits per heavy atom. The van der Waals surface area contributed by atoms with Crippen molar-refractivity contribution in [2.75, 3.05) is 38.6 Å². The SMILES string of the molecule is COc1nccc(-c2ccc3nc(Nc4ncccc4CN4CCN(C(=O)CC(F)(F)F)CC4)[nH]c3c2)n1. The average Bonchev–Trinajstić information content (AvgIpc) is 3.31. The molecule has 0 unspecified atom stereocenters. The van der Waals surface area contributed by atoms with Gasteiger partial charge in [0.1, 0.15) is 12.2 Å². The predicted octanol–water partition coefficient (Wildman–Crippen LogP) is 3.76. The van der Waals surface area contributed by atoms with Crippen LogP contribution in [0.3, 0.4) is 0 Å². The molecule has 4 aromatic rings. The number of nitrogens with one attached hydrogen (secondary N) is 2. The van der Waals surface area contributed by atoms with Gasteiger partial charge in [0, 0.05) is 56.2 Å². The van der Waals surface area contributed by atoms with E-state index in [2.05, 4.69) is 35.1 Å². The number of aromatic amines is 1. The van der Waals surface area contributed by atoms with Gasteiger partial charge >= 0.3 is 12.2 Å². The van der Waals surface area contributed by atoms with E-state index in [1.807, 2.05) is 30.3 Å². The molecule has 0 radical (unpaired) electrons. The number of amides is 1. The molecule has 0 aliphatic carbocycles. The van der Waals surface area contributed by atoms with Gasteiger partial charge in [-0.1, -0.05) is 12.1 Å². The number of imidazole rings is 1. The zero-order chi connectivity index (χ0) is 26.7. The summed E-state index contributed by atoms with van der Waals surface area (Å²) in [5.41, 5.74) is 4.06. The summed E-state index contributed by atoms with van der Waals surface area (Å²) in [5.74, 6) is 0.246. The minimum Gasteiger partial charge on any atom is -0.467 e. The molecular weight excluding hydrogens is 501 g/mol. The van der Waals surface area contributed by atoms with Gasteiger partial charge in [0.25, 0.3) is 0 Å². The number of anilines is 2. The second kappa shape index (κ2) is 10.6. The third-order valence-electron chi connectivity index (χ3n) is 6.19. The number of rotatable bonds is 7. The highest BCUT2D eigenvalue weighted by molar-refractivity contribution is 5.83. The highest BCUT2D eigenvalue weighted by Crippen LogP contribution is 2.26. The van der Waals surface area contributed by atoms with Crippen LogP contribution in [-0.4, -0.2) is 80.1 Å². The van der Waals surface area contributed by atoms with Crippen LogP contribution in [0.4, 0.5) is 24.9 Å². The Labute approximate surface area is 215 Å². The van der Waals surface area contributed by atoms with E-state index in [0.29, 0.717) is 31.4 Å². The molecule has 0 spiro atoms. The van der Waals surface area contributed by atoms with Crippen LogP contribution >= 0.6 is 0 Å². The first kappa shape index (κ1) is 25.4. The van der Waals surface area contributed by atoms with Crippen molar-refractivity contribution in [2.24, 2.45) is 0 Å². The van der Waals surface area contributed by atoms with E-state index in [0.717, 1.165) is 27.9 Å². The van der Waals surface area contributed by atoms with Crippen molar-refractivity contribution < 1.29 is 22.7 Å². The molecule has 0 saturated carbocycles. The van der Waals surface area contributed by atoms with E-state index >= 15 is 0 Å². The molecule has 4 heterocycles. The smallest absolute Gasteiger partial charge is 0.397 e. The molecule has 10 nitrogen and oxygen atoms in total. The van der Waals surface area contributed by atoms with Crippen LogP contribution in [0.5, 0.6) is 6.01 Å². The number of carbonyl (C=O) groups is 1. The molecule has 38 heavy (non-hydrogen) atoms. The van der Waals surface area contributed by atoms with Crippen LogP contribution in [-0.2, 0) is 11.3 Å². The highest BCUT2D eigenvalue weighted by Gasteiger charge is 2.34. The number of halogens is 3. The van der Waals surface area contributed by atoms with Crippen molar-refractivity contribution in [1.29, 1.82) is 0 Å². The van der Waals surface area contributed by atoms with Crippen molar-refractivity contribution in [3.63, 3.8) is 0 Å². The van der Waals surface area contributed by atoms with Crippen molar-refractivity contribution in [2.45, 2.75) is 19.1 Å². The summed E-state index contributed by atoms with van der Waals surface area (Å²) >= 11 is 0. The maximum Gasteiger partial charge on any atom is 0.397 e. The molecule has 1 aliphatic rings. The van der Waals surface area contributed by atoms with Gasteiger partial charge in [0.2, 0.25) is 11.9 Å². The predicted molar refractivity (Wildman–Crippen MR) is 134 cm³/mol. The van der Waals surface area contributed by atoms with Crippen molar-refractivity contribution in [3.05, 3.63) is 54.4 Å². The molecule has 1 fully saturated rings. The number of pyridine rings is 1. The molecule has 13 heteroatoms. The Balaban J connectivity index is 1.26. The molecule has 198 valence electrons. The lowest BCUT2D eigenvalue weighted by molar-refractivity contribution is -0.162. The van der Waals surface area contributed by atoms with Gasteiger partial charge < -0.3 is 19.9 Å². The van der Waals surface area contributed by atoms with Gasteiger partial charge in [0.15, 0.2) is 0 Å². The third kappa shape index (κ3) is 5.99. The molecule has 1 aliphatic heterocycles. The summed E-state index contributed by atoms with van der Waals surface area (Å²) in [6.07, 6.45) is -2.61. The molecule has 2 N–H and O–H groups in total. The number of hydrogen-bond donors (Lipinski definition) is 2. The van der Waals surface area contributed by atoms with Gasteiger partial charge in [0.05, 0.1) is 23.8 Å². The minimum atomic E-state index is -4.49. The van der Waals surface area contributed by atoms with Crippen LogP contribution in [0.2, 0.25) is 0 Å². The van der Waals surface area contributed by atoms with Gasteiger partial charge in [-0.3, -0.25) is 9.69 Å². The van der Waals surface area contributed by atoms with E-state index in [1.165, 1.54) is 12.0 Å². The van der Waals surface area contributed by atoms with Crippen LogP contribution in [0.25, 0.3) is 22.3 Å². The van der Waals surface area contributed by atoms with E-state index in [4.69, 9.17) is 4.74 Å². The standard InChI is InChI=1S/C25H25F3N8O2/c1-38-24-30-8-6-18(33-24)16-4-5-19-20(13-16)32-23(31-19)34-22-17(3-2-7-29-22)15-35-9-11-36(12-10-35)21(37)14-25(26,27)28/h2-8,13H,9-12,14-15H2,1H3,(H2,29,31,32,34). The Morgan fingerprint density at radius 3 is 2.66 bits per heavy atom. The monoisotopic (exact) mass is 526 g/mol. The average molecular weight is 527 g/mol. The lowest BCUT2D eigenvalue weighted by Gasteiger charge is -2.35. The number of benzene rings is 1. The molecular formula is C25H25F3N8O2. The number of piperazine rings is 1. The summed E-state index contributed by atoms with van der Waals surface area (Å²) in [4.78, 5) is 36.0. The fraction of sp³-hybridized carbons (Fsp3) is 0.320. The Bertz CT molecular complexity index is 1430. The second-order valence-electron chi connectivity index (χ2n) is 8.83. The Hall–Kier alpha value is -4.26.